The number of rotatable bonds is 3. The van der Waals surface area contributed by atoms with Gasteiger partial charge in [-0.3, -0.25) is 9.59 Å². The van der Waals surface area contributed by atoms with E-state index < -0.39 is 5.97 Å². The molecule has 3 N–H and O–H groups in total. The summed E-state index contributed by atoms with van der Waals surface area (Å²) in [4.78, 5) is 20.4. The molecule has 1 aliphatic heterocycles. The van der Waals surface area contributed by atoms with Gasteiger partial charge in [-0.05, 0) is 32.6 Å². The summed E-state index contributed by atoms with van der Waals surface area (Å²) in [6.07, 6.45) is 5.39. The van der Waals surface area contributed by atoms with E-state index in [1.165, 1.54) is 12.8 Å². The van der Waals surface area contributed by atoms with E-state index in [9.17, 15) is 9.59 Å². The van der Waals surface area contributed by atoms with Crippen LogP contribution in [0.4, 0.5) is 0 Å². The van der Waals surface area contributed by atoms with Gasteiger partial charge in [-0.1, -0.05) is 12.8 Å². The monoisotopic (exact) mass is 257 g/mol. The number of ether oxygens (including phenoxy) is 1. The van der Waals surface area contributed by atoms with Gasteiger partial charge in [0.05, 0.1) is 12.8 Å². The topological polar surface area (TPSA) is 89.6 Å². The van der Waals surface area contributed by atoms with Crippen LogP contribution in [0.5, 0.6) is 0 Å². The molecule has 0 aromatic carbocycles. The normalized spacial score (nSPS) is 23.4. The molecule has 2 aliphatic rings. The van der Waals surface area contributed by atoms with Gasteiger partial charge < -0.3 is 15.6 Å². The Morgan fingerprint density at radius 2 is 2.00 bits per heavy atom. The summed E-state index contributed by atoms with van der Waals surface area (Å²) in [6, 6.07) is -0.116. The summed E-state index contributed by atoms with van der Waals surface area (Å²) >= 11 is 0. The van der Waals surface area contributed by atoms with Gasteiger partial charge in [-0.2, -0.15) is 0 Å². The Kier molecular flexibility index (Phi) is 5.14. The molecule has 5 nitrogen and oxygen atoms in total. The number of aliphatic carboxylic acids is 1. The van der Waals surface area contributed by atoms with Gasteiger partial charge >= 0.3 is 11.9 Å². The molecule has 0 aromatic rings. The first kappa shape index (κ1) is 15.0. The molecular weight excluding hydrogens is 234 g/mol. The van der Waals surface area contributed by atoms with Gasteiger partial charge in [0, 0.05) is 6.04 Å². The fourth-order valence-electron chi connectivity index (χ4n) is 2.40. The fraction of sp³-hybridized carbons (Fsp3) is 0.846. The number of carbonyl (C=O) groups is 2. The smallest absolute Gasteiger partial charge is 0.310 e. The highest BCUT2D eigenvalue weighted by Gasteiger charge is 2.36. The molecule has 2 rings (SSSR count). The van der Waals surface area contributed by atoms with Crippen LogP contribution >= 0.6 is 0 Å². The molecule has 1 atom stereocenters. The molecule has 0 aromatic heterocycles. The van der Waals surface area contributed by atoms with Crippen molar-refractivity contribution >= 4 is 11.9 Å². The molecule has 0 radical (unpaired) electrons. The molecule has 1 saturated carbocycles. The zero-order valence-corrected chi connectivity index (χ0v) is 11.1. The van der Waals surface area contributed by atoms with Crippen LogP contribution in [-0.2, 0) is 14.3 Å². The molecule has 1 aliphatic carbocycles. The van der Waals surface area contributed by atoms with E-state index in [0.717, 1.165) is 12.8 Å². The van der Waals surface area contributed by atoms with Crippen molar-refractivity contribution in [2.24, 2.45) is 11.7 Å². The number of esters is 1. The Morgan fingerprint density at radius 1 is 1.50 bits per heavy atom. The molecule has 0 bridgehead atoms. The first-order chi connectivity index (χ1) is 8.30. The van der Waals surface area contributed by atoms with E-state index in [2.05, 4.69) is 4.74 Å². The van der Waals surface area contributed by atoms with Crippen molar-refractivity contribution < 1.29 is 19.4 Å². The van der Waals surface area contributed by atoms with Crippen molar-refractivity contribution in [1.29, 1.82) is 0 Å². The Hall–Kier alpha value is -1.10. The second-order valence-corrected chi connectivity index (χ2v) is 5.72. The van der Waals surface area contributed by atoms with Crippen molar-refractivity contribution in [3.8, 4) is 0 Å². The van der Waals surface area contributed by atoms with Gasteiger partial charge in [0.2, 0.25) is 0 Å². The van der Waals surface area contributed by atoms with E-state index >= 15 is 0 Å². The molecule has 1 unspecified atom stereocenters. The number of carbonyl (C=O) groups excluding carboxylic acids is 1. The lowest BCUT2D eigenvalue weighted by Crippen LogP contribution is -2.41. The summed E-state index contributed by atoms with van der Waals surface area (Å²) in [5.41, 5.74) is 5.54. The van der Waals surface area contributed by atoms with E-state index in [0.29, 0.717) is 12.3 Å². The maximum absolute atomic E-state index is 10.3. The quantitative estimate of drug-likeness (QED) is 0.751. The standard InChI is InChI=1S/C8H15NO2.C5H8O2/c9-7(5-8(10)11)6-3-1-2-4-6;1-5(2)3-4(6)7-5/h6-7H,1-5,9H2,(H,10,11);3H2,1-2H3. The highest BCUT2D eigenvalue weighted by molar-refractivity contribution is 5.76. The van der Waals surface area contributed by atoms with E-state index in [4.69, 9.17) is 10.8 Å². The van der Waals surface area contributed by atoms with E-state index in [1.54, 1.807) is 0 Å². The SMILES string of the molecule is CC1(C)CC(=O)O1.NC(CC(=O)O)C1CCCC1. The number of hydrogen-bond acceptors (Lipinski definition) is 4. The van der Waals surface area contributed by atoms with Gasteiger partial charge in [-0.25, -0.2) is 0 Å². The van der Waals surface area contributed by atoms with Crippen LogP contribution in [0.1, 0.15) is 52.4 Å². The Bertz CT molecular complexity index is 298. The molecular formula is C13H23NO4. The predicted octanol–water partition coefficient (Wildman–Crippen LogP) is 1.69. The zero-order chi connectivity index (χ0) is 13.8. The molecule has 0 spiro atoms. The first-order valence-corrected chi connectivity index (χ1v) is 6.49. The lowest BCUT2D eigenvalue weighted by Gasteiger charge is -2.32. The zero-order valence-electron chi connectivity index (χ0n) is 11.1. The van der Waals surface area contributed by atoms with Crippen LogP contribution in [0.15, 0.2) is 0 Å². The minimum absolute atomic E-state index is 0.0787. The largest absolute Gasteiger partial charge is 0.481 e. The highest BCUT2D eigenvalue weighted by atomic mass is 16.6. The van der Waals surface area contributed by atoms with E-state index in [-0.39, 0.29) is 24.0 Å². The summed E-state index contributed by atoms with van der Waals surface area (Å²) in [5, 5.41) is 8.46. The number of carboxylic acids is 1. The van der Waals surface area contributed by atoms with Crippen LogP contribution in [-0.4, -0.2) is 28.7 Å². The summed E-state index contributed by atoms with van der Waals surface area (Å²) in [5.74, 6) is -0.388. The van der Waals surface area contributed by atoms with Crippen LogP contribution in [0, 0.1) is 5.92 Å². The van der Waals surface area contributed by atoms with Gasteiger partial charge in [0.15, 0.2) is 0 Å². The molecule has 0 amide bonds. The van der Waals surface area contributed by atoms with Crippen LogP contribution < -0.4 is 5.73 Å². The molecule has 5 heteroatoms. The van der Waals surface area contributed by atoms with Gasteiger partial charge in [0.25, 0.3) is 0 Å². The second-order valence-electron chi connectivity index (χ2n) is 5.72. The number of cyclic esters (lactones) is 1. The summed E-state index contributed by atoms with van der Waals surface area (Å²) in [7, 11) is 0. The molecule has 104 valence electrons. The summed E-state index contributed by atoms with van der Waals surface area (Å²) in [6.45, 7) is 3.79. The predicted molar refractivity (Wildman–Crippen MR) is 67.0 cm³/mol. The van der Waals surface area contributed by atoms with Crippen LogP contribution in [0.25, 0.3) is 0 Å². The van der Waals surface area contributed by atoms with Crippen LogP contribution in [0.2, 0.25) is 0 Å². The number of hydrogen-bond donors (Lipinski definition) is 2. The third-order valence-electron chi connectivity index (χ3n) is 3.38. The molecule has 1 heterocycles. The van der Waals surface area contributed by atoms with E-state index in [1.807, 2.05) is 13.8 Å². The van der Waals surface area contributed by atoms with Crippen molar-refractivity contribution in [3.63, 3.8) is 0 Å². The van der Waals surface area contributed by atoms with Crippen molar-refractivity contribution in [3.05, 3.63) is 0 Å². The Balaban J connectivity index is 0.000000199. The average molecular weight is 257 g/mol. The second kappa shape index (κ2) is 6.18. The lowest BCUT2D eigenvalue weighted by molar-refractivity contribution is -0.184. The first-order valence-electron chi connectivity index (χ1n) is 6.49. The van der Waals surface area contributed by atoms with Gasteiger partial charge in [-0.15, -0.1) is 0 Å². The molecule has 18 heavy (non-hydrogen) atoms. The van der Waals surface area contributed by atoms with Crippen molar-refractivity contribution in [2.75, 3.05) is 0 Å². The average Bonchev–Trinajstić information content (AvgIpc) is 2.66. The highest BCUT2D eigenvalue weighted by Crippen LogP contribution is 2.27. The summed E-state index contributed by atoms with van der Waals surface area (Å²) < 4.78 is 4.69. The number of carboxylic acid groups (broad SMARTS) is 1. The van der Waals surface area contributed by atoms with Crippen molar-refractivity contribution in [1.82, 2.24) is 0 Å². The minimum atomic E-state index is -0.774. The maximum Gasteiger partial charge on any atom is 0.310 e. The van der Waals surface area contributed by atoms with Crippen molar-refractivity contribution in [2.45, 2.75) is 64.0 Å². The fourth-order valence-corrected chi connectivity index (χ4v) is 2.40. The lowest BCUT2D eigenvalue weighted by atomic mass is 9.96. The molecule has 2 fully saturated rings. The number of nitrogens with two attached hydrogens (primary N) is 1. The van der Waals surface area contributed by atoms with Crippen LogP contribution in [0.3, 0.4) is 0 Å². The maximum atomic E-state index is 10.3. The third kappa shape index (κ3) is 5.04. The Labute approximate surface area is 108 Å². The third-order valence-corrected chi connectivity index (χ3v) is 3.38. The minimum Gasteiger partial charge on any atom is -0.481 e. The Morgan fingerprint density at radius 3 is 2.28 bits per heavy atom. The van der Waals surface area contributed by atoms with Gasteiger partial charge in [0.1, 0.15) is 5.60 Å². The molecule has 1 saturated heterocycles.